The van der Waals surface area contributed by atoms with Crippen LogP contribution in [0, 0.1) is 11.3 Å². The molecule has 2 N–H and O–H groups in total. The molecule has 0 radical (unpaired) electrons. The Morgan fingerprint density at radius 3 is 2.69 bits per heavy atom. The van der Waals surface area contributed by atoms with Crippen LogP contribution in [0.4, 0.5) is 11.7 Å². The first-order valence-electron chi connectivity index (χ1n) is 14.9. The van der Waals surface area contributed by atoms with Gasteiger partial charge in [-0.15, -0.1) is 5.10 Å². The van der Waals surface area contributed by atoms with E-state index in [2.05, 4.69) is 43.2 Å². The van der Waals surface area contributed by atoms with Gasteiger partial charge in [-0.1, -0.05) is 43.2 Å². The molecule has 5 aromatic rings. The van der Waals surface area contributed by atoms with Gasteiger partial charge in [-0.3, -0.25) is 14.4 Å². The molecule has 1 fully saturated rings. The van der Waals surface area contributed by atoms with E-state index in [0.29, 0.717) is 27.6 Å². The van der Waals surface area contributed by atoms with Gasteiger partial charge >= 0.3 is 6.01 Å². The quantitative estimate of drug-likeness (QED) is 0.190. The van der Waals surface area contributed by atoms with Crippen molar-refractivity contribution in [2.75, 3.05) is 31.1 Å². The van der Waals surface area contributed by atoms with Crippen molar-refractivity contribution >= 4 is 45.9 Å². The average molecular weight is 627 g/mol. The van der Waals surface area contributed by atoms with Gasteiger partial charge in [0, 0.05) is 60.9 Å². The van der Waals surface area contributed by atoms with E-state index in [-0.39, 0.29) is 30.9 Å². The molecule has 1 saturated heterocycles. The Bertz CT molecular complexity index is 1840. The van der Waals surface area contributed by atoms with Crippen molar-refractivity contribution in [1.29, 1.82) is 5.26 Å². The number of halogens is 1. The van der Waals surface area contributed by atoms with Gasteiger partial charge in [0.25, 0.3) is 5.89 Å². The summed E-state index contributed by atoms with van der Waals surface area (Å²) in [6, 6.07) is 9.53. The SMILES string of the molecule is C=C(NCC(=O)N1CCCCC1)c1ccc(N(CC#N)c2nnc(-c3c[nH]c4ncc(-c5cnn(C)c5)cc34)o2)c(Cl)c1.CC. The van der Waals surface area contributed by atoms with Gasteiger partial charge in [0.2, 0.25) is 5.91 Å². The Kier molecular flexibility index (Phi) is 9.79. The van der Waals surface area contributed by atoms with E-state index in [1.165, 1.54) is 0 Å². The maximum absolute atomic E-state index is 12.5. The number of amides is 1. The highest BCUT2D eigenvalue weighted by molar-refractivity contribution is 6.33. The molecule has 1 amide bonds. The first kappa shape index (κ1) is 31.3. The number of nitriles is 1. The van der Waals surface area contributed by atoms with Crippen LogP contribution in [-0.2, 0) is 11.8 Å². The van der Waals surface area contributed by atoms with E-state index < -0.39 is 0 Å². The Labute approximate surface area is 266 Å². The molecule has 45 heavy (non-hydrogen) atoms. The van der Waals surface area contributed by atoms with E-state index in [0.717, 1.165) is 54.4 Å². The number of likely N-dealkylation sites (tertiary alicyclic amines) is 1. The van der Waals surface area contributed by atoms with Crippen molar-refractivity contribution in [3.05, 3.63) is 66.2 Å². The topological polar surface area (TPSA) is 145 Å². The number of carbonyl (C=O) groups excluding carboxylic acids is 1. The second-order valence-electron chi connectivity index (χ2n) is 10.3. The molecule has 5 heterocycles. The van der Waals surface area contributed by atoms with E-state index >= 15 is 0 Å². The molecular weight excluding hydrogens is 592 g/mol. The number of benzene rings is 1. The van der Waals surface area contributed by atoms with Gasteiger partial charge in [0.1, 0.15) is 12.2 Å². The third-order valence-corrected chi connectivity index (χ3v) is 7.73. The Balaban J connectivity index is 0.00000196. The predicted octanol–water partition coefficient (Wildman–Crippen LogP) is 5.93. The number of fused-ring (bicyclic) bond motifs is 1. The monoisotopic (exact) mass is 626 g/mol. The van der Waals surface area contributed by atoms with Crippen molar-refractivity contribution < 1.29 is 9.21 Å². The first-order chi connectivity index (χ1) is 21.9. The van der Waals surface area contributed by atoms with Crippen LogP contribution in [0.25, 0.3) is 39.3 Å². The number of rotatable bonds is 9. The van der Waals surface area contributed by atoms with Crippen LogP contribution < -0.4 is 10.2 Å². The molecule has 1 aliphatic rings. The number of aromatic amines is 1. The molecule has 0 bridgehead atoms. The summed E-state index contributed by atoms with van der Waals surface area (Å²) in [5.74, 6) is 0.313. The van der Waals surface area contributed by atoms with Crippen LogP contribution in [0.2, 0.25) is 5.02 Å². The van der Waals surface area contributed by atoms with Crippen molar-refractivity contribution in [1.82, 2.24) is 40.2 Å². The van der Waals surface area contributed by atoms with Gasteiger partial charge in [-0.2, -0.15) is 10.4 Å². The zero-order valence-electron chi connectivity index (χ0n) is 25.5. The molecule has 0 aliphatic carbocycles. The van der Waals surface area contributed by atoms with Gasteiger partial charge in [0.15, 0.2) is 0 Å². The summed E-state index contributed by atoms with van der Waals surface area (Å²) in [5.41, 5.74) is 4.97. The lowest BCUT2D eigenvalue weighted by Gasteiger charge is -2.27. The maximum atomic E-state index is 12.5. The number of pyridine rings is 1. The number of hydrogen-bond acceptors (Lipinski definition) is 9. The summed E-state index contributed by atoms with van der Waals surface area (Å²) in [6.45, 7) is 9.75. The van der Waals surface area contributed by atoms with Gasteiger partial charge < -0.3 is 19.6 Å². The summed E-state index contributed by atoms with van der Waals surface area (Å²) in [5, 5.41) is 26.6. The fourth-order valence-corrected chi connectivity index (χ4v) is 5.40. The van der Waals surface area contributed by atoms with Gasteiger partial charge in [-0.25, -0.2) is 4.98 Å². The summed E-state index contributed by atoms with van der Waals surface area (Å²) >= 11 is 6.70. The number of H-pyrrole nitrogens is 1. The summed E-state index contributed by atoms with van der Waals surface area (Å²) in [7, 11) is 1.86. The molecule has 0 spiro atoms. The molecule has 13 heteroatoms. The standard InChI is InChI=1S/C30H29ClN10O2.C2H6/c1-19(33-17-27(42)40-9-4-3-5-10-40)20-6-7-26(25(31)13-20)41(11-8-32)30-38-37-29(43-30)24-16-35-28-23(24)12-21(14-34-28)22-15-36-39(2)18-22;1-2/h6-7,12-16,18,33H,1,3-5,9-11,17H2,2H3,(H,34,35);1-2H3. The highest BCUT2D eigenvalue weighted by Crippen LogP contribution is 2.36. The average Bonchev–Trinajstić information content (AvgIpc) is 3.83. The predicted molar refractivity (Wildman–Crippen MR) is 174 cm³/mol. The largest absolute Gasteiger partial charge is 0.403 e. The van der Waals surface area contributed by atoms with E-state index in [1.807, 2.05) is 44.1 Å². The molecule has 0 saturated carbocycles. The molecule has 1 aromatic carbocycles. The van der Waals surface area contributed by atoms with Crippen molar-refractivity contribution in [3.63, 3.8) is 0 Å². The number of anilines is 2. The third-order valence-electron chi connectivity index (χ3n) is 7.42. The highest BCUT2D eigenvalue weighted by atomic mass is 35.5. The van der Waals surface area contributed by atoms with E-state index in [4.69, 9.17) is 16.0 Å². The fourth-order valence-electron chi connectivity index (χ4n) is 5.12. The molecule has 1 aliphatic heterocycles. The number of aromatic nitrogens is 6. The van der Waals surface area contributed by atoms with Crippen LogP contribution >= 0.6 is 11.6 Å². The second kappa shape index (κ2) is 14.1. The van der Waals surface area contributed by atoms with Crippen LogP contribution in [0.1, 0.15) is 38.7 Å². The first-order valence-corrected chi connectivity index (χ1v) is 15.2. The number of nitrogens with zero attached hydrogens (tertiary/aromatic N) is 8. The van der Waals surface area contributed by atoms with Crippen LogP contribution in [0.3, 0.4) is 0 Å². The Hall–Kier alpha value is -5.15. The maximum Gasteiger partial charge on any atom is 0.324 e. The van der Waals surface area contributed by atoms with Crippen molar-refractivity contribution in [2.45, 2.75) is 33.1 Å². The zero-order chi connectivity index (χ0) is 31.9. The van der Waals surface area contributed by atoms with Crippen molar-refractivity contribution in [3.8, 4) is 28.7 Å². The normalized spacial score (nSPS) is 12.7. The molecule has 12 nitrogen and oxygen atoms in total. The zero-order valence-corrected chi connectivity index (χ0v) is 26.3. The van der Waals surface area contributed by atoms with Gasteiger partial charge in [-0.05, 0) is 43.0 Å². The number of carbonyl (C=O) groups is 1. The molecule has 232 valence electrons. The van der Waals surface area contributed by atoms with E-state index in [1.54, 1.807) is 40.3 Å². The lowest BCUT2D eigenvalue weighted by Crippen LogP contribution is -2.40. The van der Waals surface area contributed by atoms with Gasteiger partial charge in [0.05, 0.1) is 35.1 Å². The molecular formula is C32H35ClN10O2. The Morgan fingerprint density at radius 2 is 1.98 bits per heavy atom. The smallest absolute Gasteiger partial charge is 0.324 e. The lowest BCUT2D eigenvalue weighted by molar-refractivity contribution is -0.130. The highest BCUT2D eigenvalue weighted by Gasteiger charge is 2.22. The van der Waals surface area contributed by atoms with Crippen molar-refractivity contribution in [2.24, 2.45) is 7.05 Å². The molecule has 4 aromatic heterocycles. The van der Waals surface area contributed by atoms with E-state index in [9.17, 15) is 10.1 Å². The minimum Gasteiger partial charge on any atom is -0.403 e. The number of piperidine rings is 1. The molecule has 0 unspecified atom stereocenters. The lowest BCUT2D eigenvalue weighted by atomic mass is 10.1. The van der Waals surface area contributed by atoms with Crippen LogP contribution in [0.5, 0.6) is 0 Å². The van der Waals surface area contributed by atoms with Crippen LogP contribution in [-0.4, -0.2) is 66.9 Å². The number of aryl methyl sites for hydroxylation is 1. The summed E-state index contributed by atoms with van der Waals surface area (Å²) < 4.78 is 7.80. The molecule has 0 atom stereocenters. The minimum atomic E-state index is -0.0785. The summed E-state index contributed by atoms with van der Waals surface area (Å²) in [4.78, 5) is 23.6. The number of nitrogens with one attached hydrogen (secondary N) is 2. The molecule has 6 rings (SSSR count). The van der Waals surface area contributed by atoms with Crippen LogP contribution in [0.15, 0.2) is 60.0 Å². The minimum absolute atomic E-state index is 0.0511. The fraction of sp³-hybridized carbons (Fsp3) is 0.312. The third kappa shape index (κ3) is 6.84. The Morgan fingerprint density at radius 1 is 1.18 bits per heavy atom. The summed E-state index contributed by atoms with van der Waals surface area (Å²) in [6.07, 6.45) is 10.5. The number of hydrogen-bond donors (Lipinski definition) is 2. The second-order valence-corrected chi connectivity index (χ2v) is 10.7.